The van der Waals surface area contributed by atoms with Crippen molar-refractivity contribution in [2.45, 2.75) is 89.8 Å². The predicted molar refractivity (Wildman–Crippen MR) is 234 cm³/mol. The summed E-state index contributed by atoms with van der Waals surface area (Å²) in [4.78, 5) is 64.8. The number of nitrogens with zero attached hydrogens (tertiary/aromatic N) is 1. The van der Waals surface area contributed by atoms with Crippen molar-refractivity contribution in [1.29, 1.82) is 0 Å². The van der Waals surface area contributed by atoms with Gasteiger partial charge in [-0.25, -0.2) is 4.39 Å². The van der Waals surface area contributed by atoms with Gasteiger partial charge in [0.15, 0.2) is 18.3 Å². The molecule has 0 aromatic heterocycles. The number of ether oxygens (including phenoxy) is 6. The Morgan fingerprint density at radius 2 is 1.31 bits per heavy atom. The molecule has 14 heteroatoms. The standard InChI is InChI=1S/C51H50FNO12/c1-30(54)60-29-45-48(62-31(2)55)50(64-33(4)57)49(63-32(3)56)47(65-45)37-17-15-35(16-18-37)38-21-24-41(44(27-38)61-28-34-11-7-5-8-12-34)46-42(51(59)53(46)40-13-9-6-10-14-40)25-26-43(58)36-19-22-39(52)23-20-36/h5-24,27,42-43,45-50,58H,25-26,28-29H2,1-4H3/t42-,43+,45-,46-,47?,48-,49+,50+/m1/s1. The van der Waals surface area contributed by atoms with Crippen LogP contribution in [0.1, 0.15) is 81.0 Å². The molecule has 2 aliphatic heterocycles. The van der Waals surface area contributed by atoms with Gasteiger partial charge in [0.2, 0.25) is 5.91 Å². The van der Waals surface area contributed by atoms with E-state index in [0.29, 0.717) is 29.0 Å². The van der Waals surface area contributed by atoms with Gasteiger partial charge in [-0.1, -0.05) is 97.1 Å². The molecule has 1 unspecified atom stereocenters. The Kier molecular flexibility index (Phi) is 14.7. The van der Waals surface area contributed by atoms with Gasteiger partial charge in [0.1, 0.15) is 37.0 Å². The highest BCUT2D eigenvalue weighted by Crippen LogP contribution is 2.50. The van der Waals surface area contributed by atoms with Crippen LogP contribution in [0.25, 0.3) is 11.1 Å². The van der Waals surface area contributed by atoms with E-state index < -0.39 is 78.3 Å². The molecule has 0 aliphatic carbocycles. The minimum absolute atomic E-state index is 0.0941. The monoisotopic (exact) mass is 887 g/mol. The van der Waals surface area contributed by atoms with Crippen molar-refractivity contribution >= 4 is 35.5 Å². The summed E-state index contributed by atoms with van der Waals surface area (Å²) in [5, 5.41) is 11.1. The summed E-state index contributed by atoms with van der Waals surface area (Å²) in [6.45, 7) is 4.62. The molecule has 0 radical (unpaired) electrons. The zero-order valence-electron chi connectivity index (χ0n) is 36.3. The van der Waals surface area contributed by atoms with Gasteiger partial charge in [-0.15, -0.1) is 0 Å². The number of rotatable bonds is 16. The maximum atomic E-state index is 14.0. The van der Waals surface area contributed by atoms with E-state index in [2.05, 4.69) is 0 Å². The van der Waals surface area contributed by atoms with E-state index in [1.807, 2.05) is 91.0 Å². The summed E-state index contributed by atoms with van der Waals surface area (Å²) in [6, 6.07) is 37.3. The van der Waals surface area contributed by atoms with Gasteiger partial charge in [-0.3, -0.25) is 24.0 Å². The fraction of sp³-hybridized carbons (Fsp3) is 0.314. The number of hydrogen-bond acceptors (Lipinski definition) is 12. The molecule has 5 aromatic rings. The first-order valence-corrected chi connectivity index (χ1v) is 21.3. The van der Waals surface area contributed by atoms with E-state index in [9.17, 15) is 33.5 Å². The molecule has 2 heterocycles. The lowest BCUT2D eigenvalue weighted by Gasteiger charge is -2.48. The van der Waals surface area contributed by atoms with E-state index in [1.165, 1.54) is 32.9 Å². The quantitative estimate of drug-likeness (QED) is 0.0576. The van der Waals surface area contributed by atoms with E-state index in [0.717, 1.165) is 29.2 Å². The van der Waals surface area contributed by atoms with Crippen molar-refractivity contribution in [3.05, 3.63) is 155 Å². The number of aliphatic hydroxyl groups excluding tert-OH is 1. The number of carbonyl (C=O) groups is 5. The molecule has 0 saturated carbocycles. The normalized spacial score (nSPS) is 21.9. The van der Waals surface area contributed by atoms with E-state index >= 15 is 0 Å². The van der Waals surface area contributed by atoms with Crippen molar-refractivity contribution in [3.8, 4) is 16.9 Å². The van der Waals surface area contributed by atoms with Crippen LogP contribution in [0.4, 0.5) is 10.1 Å². The summed E-state index contributed by atoms with van der Waals surface area (Å²) in [6.07, 6.45) is -6.32. The highest BCUT2D eigenvalue weighted by molar-refractivity contribution is 6.03. The number of β-lactam (4-membered cyclic amide) rings is 1. The van der Waals surface area contributed by atoms with Crippen molar-refractivity contribution in [2.24, 2.45) is 5.92 Å². The zero-order valence-corrected chi connectivity index (χ0v) is 36.3. The molecule has 1 amide bonds. The topological polar surface area (TPSA) is 164 Å². The molecule has 0 bridgehead atoms. The molecular weight excluding hydrogens is 838 g/mol. The molecule has 7 rings (SSSR count). The molecule has 65 heavy (non-hydrogen) atoms. The molecule has 0 spiro atoms. The molecular formula is C51H50FNO12. The first kappa shape index (κ1) is 46.1. The Morgan fingerprint density at radius 3 is 1.94 bits per heavy atom. The smallest absolute Gasteiger partial charge is 0.303 e. The largest absolute Gasteiger partial charge is 0.489 e. The molecule has 13 nitrogen and oxygen atoms in total. The number of hydrogen-bond donors (Lipinski definition) is 1. The van der Waals surface area contributed by atoms with Crippen molar-refractivity contribution in [2.75, 3.05) is 11.5 Å². The summed E-state index contributed by atoms with van der Waals surface area (Å²) in [5.74, 6) is -3.24. The lowest BCUT2D eigenvalue weighted by molar-refractivity contribution is -0.254. The molecule has 2 saturated heterocycles. The molecule has 2 aliphatic rings. The van der Waals surface area contributed by atoms with Crippen LogP contribution in [-0.4, -0.2) is 65.9 Å². The highest BCUT2D eigenvalue weighted by atomic mass is 19.1. The third-order valence-electron chi connectivity index (χ3n) is 11.4. The minimum Gasteiger partial charge on any atom is -0.489 e. The van der Waals surface area contributed by atoms with Gasteiger partial charge in [0.25, 0.3) is 0 Å². The molecule has 338 valence electrons. The van der Waals surface area contributed by atoms with Crippen molar-refractivity contribution in [3.63, 3.8) is 0 Å². The second-order valence-electron chi connectivity index (χ2n) is 16.0. The van der Waals surface area contributed by atoms with Crippen LogP contribution in [0, 0.1) is 11.7 Å². The van der Waals surface area contributed by atoms with Crippen LogP contribution in [0.2, 0.25) is 0 Å². The maximum Gasteiger partial charge on any atom is 0.303 e. The number of esters is 4. The van der Waals surface area contributed by atoms with E-state index in [4.69, 9.17) is 28.4 Å². The van der Waals surface area contributed by atoms with Crippen LogP contribution in [0.15, 0.2) is 127 Å². The van der Waals surface area contributed by atoms with Gasteiger partial charge >= 0.3 is 23.9 Å². The SMILES string of the molecule is CC(=O)OC[C@H]1OC(c2ccc(-c3ccc([C@@H]4[C@@H](CC[C@H](O)c5ccc(F)cc5)C(=O)N4c4ccccc4)c(OCc4ccccc4)c3)cc2)[C@H](OC(C)=O)[C@@H](OC(C)=O)[C@@H]1OC(C)=O. The van der Waals surface area contributed by atoms with Crippen molar-refractivity contribution < 1.29 is 61.9 Å². The third kappa shape index (κ3) is 11.1. The molecule has 2 fully saturated rings. The Hall–Kier alpha value is -6.90. The van der Waals surface area contributed by atoms with Gasteiger partial charge in [0.05, 0.1) is 18.1 Å². The van der Waals surface area contributed by atoms with Crippen LogP contribution in [0.3, 0.4) is 0 Å². The average Bonchev–Trinajstić information content (AvgIpc) is 3.28. The number of amides is 1. The average molecular weight is 888 g/mol. The maximum absolute atomic E-state index is 14.0. The summed E-state index contributed by atoms with van der Waals surface area (Å²) < 4.78 is 48.8. The van der Waals surface area contributed by atoms with Crippen molar-refractivity contribution in [1.82, 2.24) is 0 Å². The first-order chi connectivity index (χ1) is 31.3. The Labute approximate surface area is 376 Å². The van der Waals surface area contributed by atoms with Gasteiger partial charge < -0.3 is 38.4 Å². The van der Waals surface area contributed by atoms with Gasteiger partial charge in [0, 0.05) is 38.9 Å². The summed E-state index contributed by atoms with van der Waals surface area (Å²) in [7, 11) is 0. The molecule has 5 aromatic carbocycles. The van der Waals surface area contributed by atoms with Gasteiger partial charge in [-0.05, 0) is 71.0 Å². The number of halogens is 1. The number of carbonyl (C=O) groups excluding carboxylic acids is 5. The van der Waals surface area contributed by atoms with Crippen LogP contribution in [0.5, 0.6) is 5.75 Å². The number of para-hydroxylation sites is 1. The zero-order chi connectivity index (χ0) is 46.2. The van der Waals surface area contributed by atoms with Gasteiger partial charge in [-0.2, -0.15) is 0 Å². The Bertz CT molecular complexity index is 2470. The predicted octanol–water partition coefficient (Wildman–Crippen LogP) is 8.09. The van der Waals surface area contributed by atoms with E-state index in [1.54, 1.807) is 29.2 Å². The number of aliphatic hydroxyl groups is 1. The Balaban J connectivity index is 1.23. The number of benzene rings is 5. The highest BCUT2D eigenvalue weighted by Gasteiger charge is 2.53. The van der Waals surface area contributed by atoms with Crippen LogP contribution < -0.4 is 9.64 Å². The lowest BCUT2D eigenvalue weighted by atomic mass is 9.77. The number of anilines is 1. The lowest BCUT2D eigenvalue weighted by Crippen LogP contribution is -2.59. The Morgan fingerprint density at radius 1 is 0.708 bits per heavy atom. The fourth-order valence-electron chi connectivity index (χ4n) is 8.43. The first-order valence-electron chi connectivity index (χ1n) is 21.3. The molecule has 8 atom stereocenters. The summed E-state index contributed by atoms with van der Waals surface area (Å²) >= 11 is 0. The second-order valence-corrected chi connectivity index (χ2v) is 16.0. The van der Waals surface area contributed by atoms with E-state index in [-0.39, 0.29) is 25.5 Å². The fourth-order valence-corrected chi connectivity index (χ4v) is 8.43. The minimum atomic E-state index is -1.32. The van der Waals surface area contributed by atoms with Crippen LogP contribution >= 0.6 is 0 Å². The molecule has 1 N–H and O–H groups in total. The third-order valence-corrected chi connectivity index (χ3v) is 11.4. The van der Waals surface area contributed by atoms with Crippen LogP contribution in [-0.2, 0) is 54.3 Å². The second kappa shape index (κ2) is 20.7. The summed E-state index contributed by atoms with van der Waals surface area (Å²) in [5.41, 5.74) is 5.02.